The maximum Gasteiger partial charge on any atom is 0.416 e. The van der Waals surface area contributed by atoms with Gasteiger partial charge in [0.2, 0.25) is 5.91 Å². The summed E-state index contributed by atoms with van der Waals surface area (Å²) in [5, 5.41) is 9.27. The molecule has 158 valence electrons. The lowest BCUT2D eigenvalue weighted by Crippen LogP contribution is -2.51. The number of halogens is 4. The molecule has 2 rings (SSSR count). The molecule has 0 bridgehead atoms. The lowest BCUT2D eigenvalue weighted by Gasteiger charge is -2.25. The summed E-state index contributed by atoms with van der Waals surface area (Å²) >= 11 is 0. The minimum Gasteiger partial charge on any atom is -0.357 e. The Morgan fingerprint density at radius 3 is 2.75 bits per heavy atom. The van der Waals surface area contributed by atoms with Crippen LogP contribution in [0.4, 0.5) is 13.2 Å². The van der Waals surface area contributed by atoms with E-state index in [0.717, 1.165) is 12.5 Å². The smallest absolute Gasteiger partial charge is 0.357 e. The Morgan fingerprint density at radius 1 is 1.39 bits per heavy atom. The predicted molar refractivity (Wildman–Crippen MR) is 115 cm³/mol. The third-order valence-electron chi connectivity index (χ3n) is 4.57. The first kappa shape index (κ1) is 24.5. The van der Waals surface area contributed by atoms with Gasteiger partial charge in [-0.1, -0.05) is 25.1 Å². The number of alkyl halides is 3. The van der Waals surface area contributed by atoms with Gasteiger partial charge in [-0.2, -0.15) is 13.2 Å². The molecule has 5 nitrogen and oxygen atoms in total. The van der Waals surface area contributed by atoms with Gasteiger partial charge in [0.15, 0.2) is 5.96 Å². The van der Waals surface area contributed by atoms with Crippen molar-refractivity contribution < 1.29 is 18.0 Å². The van der Waals surface area contributed by atoms with E-state index in [4.69, 9.17) is 0 Å². The highest BCUT2D eigenvalue weighted by molar-refractivity contribution is 14.0. The summed E-state index contributed by atoms with van der Waals surface area (Å²) in [6, 6.07) is 5.59. The second kappa shape index (κ2) is 11.5. The molecule has 1 aromatic carbocycles. The van der Waals surface area contributed by atoms with Crippen LogP contribution in [0.15, 0.2) is 29.3 Å². The molecule has 0 aliphatic carbocycles. The fraction of sp³-hybridized carbons (Fsp3) is 0.579. The quantitative estimate of drug-likeness (QED) is 0.310. The van der Waals surface area contributed by atoms with Crippen molar-refractivity contribution in [3.8, 4) is 0 Å². The normalized spacial score (nSPS) is 18.7. The highest BCUT2D eigenvalue weighted by Crippen LogP contribution is 2.31. The van der Waals surface area contributed by atoms with E-state index < -0.39 is 11.7 Å². The van der Waals surface area contributed by atoms with Crippen molar-refractivity contribution in [1.82, 2.24) is 16.0 Å². The molecule has 1 heterocycles. The van der Waals surface area contributed by atoms with Crippen molar-refractivity contribution in [3.63, 3.8) is 0 Å². The Balaban J connectivity index is 0.00000392. The maximum atomic E-state index is 12.9. The maximum absolute atomic E-state index is 12.9. The molecule has 0 spiro atoms. The number of amides is 1. The molecule has 1 aliphatic heterocycles. The standard InChI is InChI=1S/C19H27F3N4O.HI/c1-3-23-18(26-16-7-8-17(27)25-12-16)24-10-9-13(2)14-5-4-6-15(11-14)19(20,21)22;/h4-6,11,13,16H,3,7-10,12H2,1-2H3,(H,25,27)(H2,23,24,26);1H. The first-order chi connectivity index (χ1) is 12.8. The van der Waals surface area contributed by atoms with E-state index in [-0.39, 0.29) is 41.8 Å². The third-order valence-corrected chi connectivity index (χ3v) is 4.57. The number of hydrogen-bond acceptors (Lipinski definition) is 2. The Hall–Kier alpha value is -1.52. The van der Waals surface area contributed by atoms with Gasteiger partial charge in [-0.25, -0.2) is 0 Å². The lowest BCUT2D eigenvalue weighted by atomic mass is 9.96. The number of nitrogens with zero attached hydrogens (tertiary/aromatic N) is 1. The fourth-order valence-corrected chi connectivity index (χ4v) is 2.93. The van der Waals surface area contributed by atoms with Gasteiger partial charge in [-0.05, 0) is 37.3 Å². The first-order valence-electron chi connectivity index (χ1n) is 9.28. The average Bonchev–Trinajstić information content (AvgIpc) is 2.63. The van der Waals surface area contributed by atoms with Crippen LogP contribution in [0.2, 0.25) is 0 Å². The Morgan fingerprint density at radius 2 is 2.14 bits per heavy atom. The second-order valence-corrected chi connectivity index (χ2v) is 6.76. The van der Waals surface area contributed by atoms with Gasteiger partial charge in [0, 0.05) is 32.1 Å². The van der Waals surface area contributed by atoms with Gasteiger partial charge < -0.3 is 16.0 Å². The number of carbonyl (C=O) groups excluding carboxylic acids is 1. The summed E-state index contributed by atoms with van der Waals surface area (Å²) in [6.45, 7) is 5.62. The van der Waals surface area contributed by atoms with Gasteiger partial charge in [0.25, 0.3) is 0 Å². The lowest BCUT2D eigenvalue weighted by molar-refractivity contribution is -0.137. The number of rotatable bonds is 6. The molecule has 1 aromatic rings. The monoisotopic (exact) mass is 512 g/mol. The Bertz CT molecular complexity index is 657. The first-order valence-corrected chi connectivity index (χ1v) is 9.28. The molecule has 1 amide bonds. The predicted octanol–water partition coefficient (Wildman–Crippen LogP) is 3.65. The van der Waals surface area contributed by atoms with Crippen LogP contribution in [-0.4, -0.2) is 37.5 Å². The van der Waals surface area contributed by atoms with Crippen molar-refractivity contribution >= 4 is 35.8 Å². The highest BCUT2D eigenvalue weighted by Gasteiger charge is 2.30. The van der Waals surface area contributed by atoms with Crippen LogP contribution >= 0.6 is 24.0 Å². The third kappa shape index (κ3) is 7.84. The zero-order valence-electron chi connectivity index (χ0n) is 16.1. The van der Waals surface area contributed by atoms with Crippen molar-refractivity contribution in [2.75, 3.05) is 19.6 Å². The number of benzene rings is 1. The topological polar surface area (TPSA) is 65.5 Å². The number of hydrogen-bond donors (Lipinski definition) is 3. The van der Waals surface area contributed by atoms with Crippen LogP contribution < -0.4 is 16.0 Å². The molecular weight excluding hydrogens is 484 g/mol. The molecule has 1 aliphatic rings. The SMILES string of the molecule is CCNC(=NCCC(C)c1cccc(C(F)(F)F)c1)NC1CCC(=O)NC1.I. The molecule has 2 unspecified atom stereocenters. The van der Waals surface area contributed by atoms with E-state index in [1.54, 1.807) is 6.07 Å². The Labute approximate surface area is 181 Å². The summed E-state index contributed by atoms with van der Waals surface area (Å²) in [5.41, 5.74) is 0.0395. The van der Waals surface area contributed by atoms with E-state index >= 15 is 0 Å². The van der Waals surface area contributed by atoms with Crippen LogP contribution in [0.3, 0.4) is 0 Å². The van der Waals surface area contributed by atoms with Crippen LogP contribution in [0.5, 0.6) is 0 Å². The average molecular weight is 512 g/mol. The van der Waals surface area contributed by atoms with Gasteiger partial charge >= 0.3 is 6.18 Å². The van der Waals surface area contributed by atoms with Crippen LogP contribution in [-0.2, 0) is 11.0 Å². The molecule has 2 atom stereocenters. The molecule has 3 N–H and O–H groups in total. The van der Waals surface area contributed by atoms with Gasteiger partial charge in [-0.3, -0.25) is 9.79 Å². The van der Waals surface area contributed by atoms with Crippen molar-refractivity contribution in [1.29, 1.82) is 0 Å². The van der Waals surface area contributed by atoms with Gasteiger partial charge in [0.1, 0.15) is 0 Å². The molecule has 9 heteroatoms. The van der Waals surface area contributed by atoms with E-state index in [0.29, 0.717) is 44.0 Å². The molecule has 0 radical (unpaired) electrons. The highest BCUT2D eigenvalue weighted by atomic mass is 127. The van der Waals surface area contributed by atoms with Crippen LogP contribution in [0, 0.1) is 0 Å². The fourth-order valence-electron chi connectivity index (χ4n) is 2.93. The van der Waals surface area contributed by atoms with Crippen molar-refractivity contribution in [3.05, 3.63) is 35.4 Å². The van der Waals surface area contributed by atoms with Crippen molar-refractivity contribution in [2.45, 2.75) is 51.2 Å². The molecule has 1 saturated heterocycles. The van der Waals surface area contributed by atoms with E-state index in [1.165, 1.54) is 12.1 Å². The molecule has 28 heavy (non-hydrogen) atoms. The summed E-state index contributed by atoms with van der Waals surface area (Å²) in [6.07, 6.45) is -2.45. The second-order valence-electron chi connectivity index (χ2n) is 6.76. The Kier molecular flexibility index (Phi) is 10.0. The number of piperidine rings is 1. The molecule has 1 fully saturated rings. The van der Waals surface area contributed by atoms with E-state index in [1.807, 2.05) is 13.8 Å². The number of carbonyl (C=O) groups is 1. The summed E-state index contributed by atoms with van der Waals surface area (Å²) in [5.74, 6) is 0.688. The summed E-state index contributed by atoms with van der Waals surface area (Å²) in [7, 11) is 0. The minimum atomic E-state index is -4.33. The van der Waals surface area contributed by atoms with Gasteiger partial charge in [-0.15, -0.1) is 24.0 Å². The zero-order valence-corrected chi connectivity index (χ0v) is 18.4. The summed E-state index contributed by atoms with van der Waals surface area (Å²) in [4.78, 5) is 15.8. The number of nitrogens with one attached hydrogen (secondary N) is 3. The molecular formula is C19H28F3IN4O. The summed E-state index contributed by atoms with van der Waals surface area (Å²) < 4.78 is 38.6. The molecule has 0 saturated carbocycles. The van der Waals surface area contributed by atoms with Crippen LogP contribution in [0.1, 0.15) is 50.2 Å². The largest absolute Gasteiger partial charge is 0.416 e. The molecule has 0 aromatic heterocycles. The van der Waals surface area contributed by atoms with Gasteiger partial charge in [0.05, 0.1) is 5.56 Å². The number of aliphatic imine (C=N–C) groups is 1. The minimum absolute atomic E-state index is 0. The number of guanidine groups is 1. The van der Waals surface area contributed by atoms with E-state index in [9.17, 15) is 18.0 Å². The van der Waals surface area contributed by atoms with Crippen molar-refractivity contribution in [2.24, 2.45) is 4.99 Å². The zero-order chi connectivity index (χ0) is 19.9. The van der Waals surface area contributed by atoms with E-state index in [2.05, 4.69) is 20.9 Å². The van der Waals surface area contributed by atoms with Crippen LogP contribution in [0.25, 0.3) is 0 Å².